The Morgan fingerprint density at radius 1 is 1.07 bits per heavy atom. The molecule has 1 aliphatic carbocycles. The Hall–Kier alpha value is -0.160. The van der Waals surface area contributed by atoms with E-state index in [0.717, 1.165) is 31.6 Å². The Morgan fingerprint density at radius 3 is 2.64 bits per heavy atom. The van der Waals surface area contributed by atoms with E-state index in [2.05, 4.69) is 35.6 Å². The molecule has 4 N–H and O–H groups in total. The molecule has 0 amide bonds. The third-order valence-electron chi connectivity index (χ3n) is 2.84. The maximum atomic E-state index is 3.55. The van der Waals surface area contributed by atoms with Crippen LogP contribution in [0.2, 0.25) is 0 Å². The van der Waals surface area contributed by atoms with E-state index in [0.29, 0.717) is 0 Å². The Labute approximate surface area is 87.2 Å². The minimum Gasteiger partial charge on any atom is -0.314 e. The van der Waals surface area contributed by atoms with Crippen LogP contribution in [0.4, 0.5) is 0 Å². The van der Waals surface area contributed by atoms with Crippen molar-refractivity contribution >= 4 is 0 Å². The molecule has 1 saturated carbocycles. The van der Waals surface area contributed by atoms with Crippen molar-refractivity contribution in [3.8, 4) is 0 Å². The van der Waals surface area contributed by atoms with Gasteiger partial charge in [-0.2, -0.15) is 5.53 Å². The fourth-order valence-corrected chi connectivity index (χ4v) is 2.15. The third kappa shape index (κ3) is 3.92. The molecule has 2 atom stereocenters. The fourth-order valence-electron chi connectivity index (χ4n) is 2.15. The zero-order valence-corrected chi connectivity index (χ0v) is 9.40. The lowest BCUT2D eigenvalue weighted by Gasteiger charge is -2.20. The molecule has 4 heteroatoms. The highest BCUT2D eigenvalue weighted by molar-refractivity contribution is 4.83. The predicted octanol–water partition coefficient (Wildman–Crippen LogP) is 0.383. The minimum atomic E-state index is 0.718. The Kier molecular flexibility index (Phi) is 6.10. The Bertz CT molecular complexity index is 140. The highest BCUT2D eigenvalue weighted by Crippen LogP contribution is 2.24. The number of nitrogens with one attached hydrogen (secondary N) is 4. The van der Waals surface area contributed by atoms with Gasteiger partial charge in [0.25, 0.3) is 0 Å². The van der Waals surface area contributed by atoms with E-state index in [1.165, 1.54) is 19.3 Å². The molecule has 0 heterocycles. The largest absolute Gasteiger partial charge is 0.314 e. The van der Waals surface area contributed by atoms with Gasteiger partial charge in [-0.25, -0.2) is 10.9 Å². The summed E-state index contributed by atoms with van der Waals surface area (Å²) in [4.78, 5) is 0. The second kappa shape index (κ2) is 7.17. The zero-order chi connectivity index (χ0) is 10.2. The van der Waals surface area contributed by atoms with Gasteiger partial charge in [0.1, 0.15) is 0 Å². The molecular formula is C10H24N4. The fraction of sp³-hybridized carbons (Fsp3) is 1.00. The van der Waals surface area contributed by atoms with Gasteiger partial charge in [0.2, 0.25) is 0 Å². The molecule has 1 aliphatic rings. The van der Waals surface area contributed by atoms with E-state index in [4.69, 9.17) is 0 Å². The zero-order valence-electron chi connectivity index (χ0n) is 9.40. The van der Waals surface area contributed by atoms with Crippen molar-refractivity contribution in [3.05, 3.63) is 0 Å². The quantitative estimate of drug-likeness (QED) is 0.354. The average molecular weight is 200 g/mol. The van der Waals surface area contributed by atoms with Crippen LogP contribution in [0.25, 0.3) is 0 Å². The van der Waals surface area contributed by atoms with Crippen LogP contribution in [-0.4, -0.2) is 25.7 Å². The second-order valence-corrected chi connectivity index (χ2v) is 3.89. The first-order chi connectivity index (χ1) is 6.88. The van der Waals surface area contributed by atoms with E-state index in [-0.39, 0.29) is 0 Å². The molecule has 0 aromatic rings. The Morgan fingerprint density at radius 2 is 1.93 bits per heavy atom. The first-order valence-electron chi connectivity index (χ1n) is 5.82. The van der Waals surface area contributed by atoms with Crippen LogP contribution in [0.5, 0.6) is 0 Å². The van der Waals surface area contributed by atoms with Gasteiger partial charge < -0.3 is 5.32 Å². The van der Waals surface area contributed by atoms with Crippen molar-refractivity contribution in [3.63, 3.8) is 0 Å². The van der Waals surface area contributed by atoms with Crippen LogP contribution >= 0.6 is 0 Å². The molecule has 0 aliphatic heterocycles. The van der Waals surface area contributed by atoms with Crippen LogP contribution < -0.4 is 21.7 Å². The summed E-state index contributed by atoms with van der Waals surface area (Å²) in [6.07, 6.45) is 4.05. The third-order valence-corrected chi connectivity index (χ3v) is 2.84. The van der Waals surface area contributed by atoms with Gasteiger partial charge in [0.15, 0.2) is 0 Å². The minimum absolute atomic E-state index is 0.718. The summed E-state index contributed by atoms with van der Waals surface area (Å²) in [5.74, 6) is 0.779. The molecule has 0 radical (unpaired) electrons. The van der Waals surface area contributed by atoms with Crippen LogP contribution in [0.15, 0.2) is 0 Å². The monoisotopic (exact) mass is 200 g/mol. The molecular weight excluding hydrogens is 176 g/mol. The predicted molar refractivity (Wildman–Crippen MR) is 59.6 cm³/mol. The summed E-state index contributed by atoms with van der Waals surface area (Å²) < 4.78 is 0. The van der Waals surface area contributed by atoms with Crippen LogP contribution in [0.1, 0.15) is 33.1 Å². The molecule has 0 aromatic carbocycles. The molecule has 4 nitrogen and oxygen atoms in total. The number of hydrogen-bond donors (Lipinski definition) is 4. The molecule has 0 bridgehead atoms. The summed E-state index contributed by atoms with van der Waals surface area (Å²) in [7, 11) is 0. The van der Waals surface area contributed by atoms with Gasteiger partial charge in [0.05, 0.1) is 0 Å². The molecule has 1 fully saturated rings. The smallest absolute Gasteiger partial charge is 0.0156 e. The summed E-state index contributed by atoms with van der Waals surface area (Å²) in [5.41, 5.74) is 9.25. The number of rotatable bonds is 7. The van der Waals surface area contributed by atoms with Gasteiger partial charge in [-0.1, -0.05) is 20.3 Å². The maximum absolute atomic E-state index is 3.55. The number of hydrazine groups is 2. The summed E-state index contributed by atoms with van der Waals surface area (Å²) >= 11 is 0. The van der Waals surface area contributed by atoms with Gasteiger partial charge in [0, 0.05) is 19.1 Å². The summed E-state index contributed by atoms with van der Waals surface area (Å²) in [6, 6.07) is 0.718. The van der Waals surface area contributed by atoms with E-state index < -0.39 is 0 Å². The Balaban J connectivity index is 2.09. The van der Waals surface area contributed by atoms with Crippen molar-refractivity contribution in [2.75, 3.05) is 19.6 Å². The first-order valence-corrected chi connectivity index (χ1v) is 5.82. The van der Waals surface area contributed by atoms with Gasteiger partial charge in [-0.3, -0.25) is 0 Å². The second-order valence-electron chi connectivity index (χ2n) is 3.89. The highest BCUT2D eigenvalue weighted by atomic mass is 15.6. The molecule has 84 valence electrons. The average Bonchev–Trinajstić information content (AvgIpc) is 2.61. The molecule has 0 spiro atoms. The van der Waals surface area contributed by atoms with Crippen molar-refractivity contribution in [1.82, 2.24) is 21.7 Å². The molecule has 14 heavy (non-hydrogen) atoms. The van der Waals surface area contributed by atoms with Crippen molar-refractivity contribution in [2.24, 2.45) is 5.92 Å². The van der Waals surface area contributed by atoms with Gasteiger partial charge >= 0.3 is 0 Å². The lowest BCUT2D eigenvalue weighted by Crippen LogP contribution is -2.47. The topological polar surface area (TPSA) is 48.1 Å². The molecule has 2 unspecified atom stereocenters. The molecule has 0 saturated heterocycles. The van der Waals surface area contributed by atoms with Gasteiger partial charge in [-0.15, -0.1) is 0 Å². The maximum Gasteiger partial charge on any atom is 0.0156 e. The lowest BCUT2D eigenvalue weighted by atomic mass is 10.0. The summed E-state index contributed by atoms with van der Waals surface area (Å²) in [6.45, 7) is 7.33. The molecule has 1 rings (SSSR count). The van der Waals surface area contributed by atoms with E-state index in [1.807, 2.05) is 0 Å². The van der Waals surface area contributed by atoms with Crippen LogP contribution in [-0.2, 0) is 0 Å². The SMILES string of the molecule is CCNNNCC1CCCC1NCC. The number of hydrogen-bond acceptors (Lipinski definition) is 4. The summed E-state index contributed by atoms with van der Waals surface area (Å²) in [5, 5.41) is 3.55. The normalized spacial score (nSPS) is 27.0. The van der Waals surface area contributed by atoms with Crippen molar-refractivity contribution in [2.45, 2.75) is 39.2 Å². The van der Waals surface area contributed by atoms with Gasteiger partial charge in [-0.05, 0) is 25.3 Å². The lowest BCUT2D eigenvalue weighted by molar-refractivity contribution is 0.342. The van der Waals surface area contributed by atoms with Crippen molar-refractivity contribution < 1.29 is 0 Å². The molecule has 0 aromatic heterocycles. The standard InChI is InChI=1S/C10H24N4/c1-3-11-10-7-5-6-9(10)8-13-14-12-4-2/h9-14H,3-8H2,1-2H3. The van der Waals surface area contributed by atoms with E-state index in [9.17, 15) is 0 Å². The highest BCUT2D eigenvalue weighted by Gasteiger charge is 2.25. The van der Waals surface area contributed by atoms with Crippen LogP contribution in [0, 0.1) is 5.92 Å². The van der Waals surface area contributed by atoms with E-state index in [1.54, 1.807) is 0 Å². The van der Waals surface area contributed by atoms with E-state index >= 15 is 0 Å². The van der Waals surface area contributed by atoms with Crippen molar-refractivity contribution in [1.29, 1.82) is 0 Å². The first kappa shape index (κ1) is 11.9. The van der Waals surface area contributed by atoms with Crippen LogP contribution in [0.3, 0.4) is 0 Å².